The number of aryl methyl sites for hydroxylation is 1. The Hall–Kier alpha value is -9.28. The first kappa shape index (κ1) is 64.3. The number of nitrogens with one attached hydrogen (secondary N) is 1. The molecular weight excluding hydrogens is 1090 g/mol. The molecule has 0 fully saturated rings. The van der Waals surface area contributed by atoms with Gasteiger partial charge in [0.05, 0.1) is 51.4 Å². The highest BCUT2D eigenvalue weighted by Gasteiger charge is 2.28. The number of carboxylic acids is 2. The van der Waals surface area contributed by atoms with Gasteiger partial charge in [-0.05, 0) is 145 Å². The highest BCUT2D eigenvalue weighted by Crippen LogP contribution is 2.36. The smallest absolute Gasteiger partial charge is 0.338 e. The first-order valence-corrected chi connectivity index (χ1v) is 29.3. The molecule has 0 spiro atoms. The lowest BCUT2D eigenvalue weighted by atomic mass is 9.74. The van der Waals surface area contributed by atoms with Crippen LogP contribution >= 0.6 is 0 Å². The van der Waals surface area contributed by atoms with Crippen LogP contribution in [-0.4, -0.2) is 90.3 Å². The molecule has 0 unspecified atom stereocenters. The summed E-state index contributed by atoms with van der Waals surface area (Å²) in [6.45, 7) is 12.1. The number of carbonyl (C=O) groups excluding carboxylic acids is 4. The summed E-state index contributed by atoms with van der Waals surface area (Å²) in [5.74, 6) is -5.37. The minimum atomic E-state index is -1.43. The van der Waals surface area contributed by atoms with Crippen LogP contribution in [0.1, 0.15) is 176 Å². The number of nitrogens with zero attached hydrogens (tertiary/aromatic N) is 3. The molecule has 16 heteroatoms. The van der Waals surface area contributed by atoms with Crippen molar-refractivity contribution in [1.82, 2.24) is 4.90 Å². The number of azo groups is 1. The van der Waals surface area contributed by atoms with Crippen LogP contribution in [0.3, 0.4) is 0 Å². The molecule has 0 bridgehead atoms. The number of ether oxygens (including phenoxy) is 3. The van der Waals surface area contributed by atoms with Gasteiger partial charge in [-0.2, -0.15) is 10.2 Å². The van der Waals surface area contributed by atoms with Gasteiger partial charge in [0, 0.05) is 29.6 Å². The molecule has 2 amide bonds. The maximum Gasteiger partial charge on any atom is 0.338 e. The second kappa shape index (κ2) is 31.0. The zero-order valence-corrected chi connectivity index (χ0v) is 49.7. The molecule has 0 radical (unpaired) electrons. The summed E-state index contributed by atoms with van der Waals surface area (Å²) < 4.78 is 17.1. The molecule has 7 rings (SSSR count). The number of amides is 2. The van der Waals surface area contributed by atoms with Crippen molar-refractivity contribution in [3.8, 4) is 5.75 Å². The second-order valence-corrected chi connectivity index (χ2v) is 22.3. The van der Waals surface area contributed by atoms with E-state index in [9.17, 15) is 39.0 Å². The van der Waals surface area contributed by atoms with E-state index < -0.39 is 41.3 Å². The number of rotatable bonds is 32. The van der Waals surface area contributed by atoms with Crippen LogP contribution in [0.4, 0.5) is 17.1 Å². The number of benzene rings is 7. The number of hydrogen-bond acceptors (Lipinski definition) is 12. The van der Waals surface area contributed by atoms with E-state index in [0.29, 0.717) is 24.5 Å². The van der Waals surface area contributed by atoms with Gasteiger partial charge in [-0.3, -0.25) is 14.5 Å². The zero-order chi connectivity index (χ0) is 61.6. The standard InChI is InChI=1S/C70H77N5O11/c1-6-7-8-12-17-48-20-30-56(31-21-48)73-74-57-34-36-58(37-35-57)84-43-16-10-9-15-40-75(41-44-85-67(82)49-22-38-59(63(71)76)61(46-49)65(78)79)42-45-86-68(83)50-23-39-60(62(47-50)66(80)81)64(77)72-55-32-28-54(29-33-55)70(4,5)53-26-24-52(25-27-53)69(2,3)51-18-13-11-14-19-51/h11,13-14,18-39,46-47H,6-10,12,15-17,40-45H2,1-5H3,(H2,71,76)(H,72,77)(H,78,79)(H,80,81). The second-order valence-electron chi connectivity index (χ2n) is 22.3. The fourth-order valence-electron chi connectivity index (χ4n) is 10.00. The van der Waals surface area contributed by atoms with E-state index in [1.165, 1.54) is 60.6 Å². The predicted octanol–water partition coefficient (Wildman–Crippen LogP) is 14.6. The Kier molecular flexibility index (Phi) is 23.2. The number of anilines is 1. The summed E-state index contributed by atoms with van der Waals surface area (Å²) in [5.41, 5.74) is 11.2. The van der Waals surface area contributed by atoms with Gasteiger partial charge in [-0.25, -0.2) is 19.2 Å². The predicted molar refractivity (Wildman–Crippen MR) is 333 cm³/mol. The summed E-state index contributed by atoms with van der Waals surface area (Å²) in [5, 5.41) is 31.4. The van der Waals surface area contributed by atoms with E-state index in [4.69, 9.17) is 19.9 Å². The van der Waals surface area contributed by atoms with Crippen molar-refractivity contribution in [2.45, 2.75) is 103 Å². The number of carboxylic acid groups (broad SMARTS) is 2. The molecule has 448 valence electrons. The van der Waals surface area contributed by atoms with Crippen LogP contribution in [0.25, 0.3) is 0 Å². The number of hydrogen-bond donors (Lipinski definition) is 4. The summed E-state index contributed by atoms with van der Waals surface area (Å²) in [6, 6.07) is 49.2. The number of carbonyl (C=O) groups is 6. The van der Waals surface area contributed by atoms with Crippen LogP contribution in [0.2, 0.25) is 0 Å². The fourth-order valence-corrected chi connectivity index (χ4v) is 10.00. The van der Waals surface area contributed by atoms with Crippen molar-refractivity contribution in [1.29, 1.82) is 0 Å². The van der Waals surface area contributed by atoms with E-state index >= 15 is 0 Å². The van der Waals surface area contributed by atoms with Gasteiger partial charge in [-0.1, -0.05) is 146 Å². The molecule has 0 aliphatic rings. The van der Waals surface area contributed by atoms with E-state index in [1.807, 2.05) is 71.6 Å². The van der Waals surface area contributed by atoms with Gasteiger partial charge in [-0.15, -0.1) is 0 Å². The molecule has 0 aliphatic heterocycles. The molecule has 0 saturated heterocycles. The largest absolute Gasteiger partial charge is 0.494 e. The molecule has 0 aromatic heterocycles. The third kappa shape index (κ3) is 18.1. The summed E-state index contributed by atoms with van der Waals surface area (Å²) >= 11 is 0. The Morgan fingerprint density at radius 3 is 1.50 bits per heavy atom. The molecule has 0 aliphatic carbocycles. The van der Waals surface area contributed by atoms with Crippen LogP contribution < -0.4 is 15.8 Å². The van der Waals surface area contributed by atoms with Gasteiger partial charge in [0.15, 0.2) is 0 Å². The molecular formula is C70H77N5O11. The van der Waals surface area contributed by atoms with Crippen molar-refractivity contribution in [2.24, 2.45) is 16.0 Å². The molecule has 7 aromatic carbocycles. The van der Waals surface area contributed by atoms with Gasteiger partial charge in [0.2, 0.25) is 5.91 Å². The fraction of sp³-hybridized carbons (Fsp3) is 0.314. The van der Waals surface area contributed by atoms with Crippen LogP contribution in [0.5, 0.6) is 5.75 Å². The van der Waals surface area contributed by atoms with E-state index in [-0.39, 0.29) is 65.0 Å². The molecule has 0 saturated carbocycles. The monoisotopic (exact) mass is 1160 g/mol. The number of unbranched alkanes of at least 4 members (excludes halogenated alkanes) is 6. The Labute approximate surface area is 503 Å². The topological polar surface area (TPSA) is 237 Å². The van der Waals surface area contributed by atoms with Gasteiger partial charge in [0.1, 0.15) is 19.0 Å². The lowest BCUT2D eigenvalue weighted by Gasteiger charge is -2.29. The highest BCUT2D eigenvalue weighted by atomic mass is 16.5. The molecule has 0 atom stereocenters. The van der Waals surface area contributed by atoms with E-state index in [1.54, 1.807) is 12.1 Å². The van der Waals surface area contributed by atoms with Crippen molar-refractivity contribution < 1.29 is 53.2 Å². The van der Waals surface area contributed by atoms with Crippen molar-refractivity contribution in [2.75, 3.05) is 44.8 Å². The number of nitrogens with two attached hydrogens (primary N) is 1. The first-order valence-electron chi connectivity index (χ1n) is 29.3. The normalized spacial score (nSPS) is 11.6. The zero-order valence-electron chi connectivity index (χ0n) is 49.7. The minimum Gasteiger partial charge on any atom is -0.494 e. The third-order valence-electron chi connectivity index (χ3n) is 15.5. The van der Waals surface area contributed by atoms with Crippen LogP contribution in [0.15, 0.2) is 174 Å². The van der Waals surface area contributed by atoms with Gasteiger partial charge >= 0.3 is 23.9 Å². The summed E-state index contributed by atoms with van der Waals surface area (Å²) in [4.78, 5) is 78.1. The Morgan fingerprint density at radius 1 is 0.500 bits per heavy atom. The third-order valence-corrected chi connectivity index (χ3v) is 15.5. The van der Waals surface area contributed by atoms with Crippen LogP contribution in [0, 0.1) is 0 Å². The molecule has 16 nitrogen and oxygen atoms in total. The van der Waals surface area contributed by atoms with Crippen molar-refractivity contribution in [3.63, 3.8) is 0 Å². The van der Waals surface area contributed by atoms with Gasteiger partial charge in [0.25, 0.3) is 5.91 Å². The van der Waals surface area contributed by atoms with Crippen LogP contribution in [-0.2, 0) is 26.7 Å². The Balaban J connectivity index is 0.901. The molecule has 86 heavy (non-hydrogen) atoms. The maximum atomic E-state index is 13.6. The van der Waals surface area contributed by atoms with Crippen molar-refractivity contribution >= 4 is 52.8 Å². The molecule has 0 heterocycles. The quantitative estimate of drug-likeness (QED) is 0.0175. The lowest BCUT2D eigenvalue weighted by molar-refractivity contribution is 0.0394. The Morgan fingerprint density at radius 2 is 0.977 bits per heavy atom. The first-order chi connectivity index (χ1) is 41.3. The average Bonchev–Trinajstić information content (AvgIpc) is 1.90. The molecule has 5 N–H and O–H groups in total. The summed E-state index contributed by atoms with van der Waals surface area (Å²) in [6.07, 6.45) is 9.17. The number of primary amides is 1. The SMILES string of the molecule is CCCCCCc1ccc(N=Nc2ccc(OCCCCCCN(CCOC(=O)c3ccc(C(N)=O)c(C(=O)O)c3)CCOC(=O)c3ccc(C(=O)Nc4ccc(C(C)(C)c5ccc(C(C)(C)c6ccccc6)cc5)cc4)c(C(=O)O)c3)cc2)cc1. The summed E-state index contributed by atoms with van der Waals surface area (Å²) in [7, 11) is 0. The molecule has 7 aromatic rings. The van der Waals surface area contributed by atoms with Gasteiger partial charge < -0.3 is 35.5 Å². The maximum absolute atomic E-state index is 13.6. The van der Waals surface area contributed by atoms with Crippen molar-refractivity contribution in [3.05, 3.63) is 225 Å². The Bertz CT molecular complexity index is 3450. The minimum absolute atomic E-state index is 0.0703. The number of aromatic carboxylic acids is 2. The van der Waals surface area contributed by atoms with E-state index in [2.05, 4.69) is 98.7 Å². The van der Waals surface area contributed by atoms with E-state index in [0.717, 1.165) is 72.9 Å². The number of esters is 2. The average molecular weight is 1160 g/mol. The lowest BCUT2D eigenvalue weighted by Crippen LogP contribution is -2.33. The highest BCUT2D eigenvalue weighted by molar-refractivity contribution is 6.11.